The fourth-order valence-electron chi connectivity index (χ4n) is 3.59. The van der Waals surface area contributed by atoms with Crippen molar-refractivity contribution in [3.8, 4) is 17.1 Å². The number of aromatic nitrogens is 2. The van der Waals surface area contributed by atoms with Crippen LogP contribution in [-0.4, -0.2) is 59.7 Å². The van der Waals surface area contributed by atoms with Gasteiger partial charge in [0.1, 0.15) is 41.9 Å². The number of carbonyl (C=O) groups excluding carboxylic acids is 2. The van der Waals surface area contributed by atoms with Crippen LogP contribution < -0.4 is 20.7 Å². The number of carbonyl (C=O) groups is 1. The first-order valence-corrected chi connectivity index (χ1v) is 9.68. The number of morpholine rings is 1. The van der Waals surface area contributed by atoms with Crippen molar-refractivity contribution in [1.82, 2.24) is 9.55 Å². The number of imidazole rings is 1. The molecule has 0 saturated carbocycles. The van der Waals surface area contributed by atoms with Crippen LogP contribution in [0.3, 0.4) is 0 Å². The number of rotatable bonds is 5. The number of anilines is 2. The minimum atomic E-state index is -2.73. The predicted octanol–water partition coefficient (Wildman–Crippen LogP) is 1.41. The molecule has 0 aliphatic carbocycles. The first-order chi connectivity index (χ1) is 14.9. The average molecular weight is 433 g/mol. The van der Waals surface area contributed by atoms with Crippen molar-refractivity contribution in [2.75, 3.05) is 30.0 Å². The molecule has 1 fully saturated rings. The van der Waals surface area contributed by atoms with Gasteiger partial charge in [0.25, 0.3) is 6.43 Å². The van der Waals surface area contributed by atoms with Gasteiger partial charge in [-0.25, -0.2) is 18.6 Å². The molecule has 1 amide bonds. The van der Waals surface area contributed by atoms with Crippen molar-refractivity contribution in [2.24, 2.45) is 5.73 Å². The quantitative estimate of drug-likeness (QED) is 0.686. The first-order valence-electron chi connectivity index (χ1n) is 9.68. The van der Waals surface area contributed by atoms with Gasteiger partial charge < -0.3 is 30.0 Å². The van der Waals surface area contributed by atoms with E-state index >= 15 is 0 Å². The number of ether oxygens (including phenoxy) is 2. The summed E-state index contributed by atoms with van der Waals surface area (Å²) in [6, 6.07) is 3.34. The minimum absolute atomic E-state index is 0.0266. The Kier molecular flexibility index (Phi) is 5.62. The number of hydrogen-bond donors (Lipinski definition) is 2. The van der Waals surface area contributed by atoms with Crippen LogP contribution in [0.2, 0.25) is 0 Å². The SMILES string of the molecule is CC(Nc1ccc2c(c1)OCCn1cc(N3C(=C=O)COC[C@H]3C(F)F)nc1-2)C(N)=O. The molecule has 4 rings (SSSR count). The number of hydrogen-bond acceptors (Lipinski definition) is 7. The highest BCUT2D eigenvalue weighted by Crippen LogP contribution is 2.37. The number of primary amides is 1. The molecule has 2 aromatic rings. The number of amides is 1. The summed E-state index contributed by atoms with van der Waals surface area (Å²) in [6.45, 7) is 2.07. The molecule has 9 nitrogen and oxygen atoms in total. The van der Waals surface area contributed by atoms with Crippen molar-refractivity contribution < 1.29 is 27.8 Å². The Morgan fingerprint density at radius 2 is 2.23 bits per heavy atom. The van der Waals surface area contributed by atoms with Gasteiger partial charge in [0.15, 0.2) is 5.82 Å². The third-order valence-corrected chi connectivity index (χ3v) is 5.19. The van der Waals surface area contributed by atoms with E-state index in [1.807, 2.05) is 0 Å². The number of halogens is 2. The molecule has 2 aliphatic heterocycles. The maximum atomic E-state index is 13.6. The lowest BCUT2D eigenvalue weighted by atomic mass is 10.1. The van der Waals surface area contributed by atoms with E-state index in [0.717, 1.165) is 0 Å². The molecule has 0 spiro atoms. The summed E-state index contributed by atoms with van der Waals surface area (Å²) < 4.78 is 39.9. The maximum absolute atomic E-state index is 13.6. The second-order valence-electron chi connectivity index (χ2n) is 7.28. The largest absolute Gasteiger partial charge is 0.491 e. The highest BCUT2D eigenvalue weighted by molar-refractivity contribution is 5.83. The second-order valence-corrected chi connectivity index (χ2v) is 7.28. The van der Waals surface area contributed by atoms with Crippen LogP contribution in [0.4, 0.5) is 20.3 Å². The summed E-state index contributed by atoms with van der Waals surface area (Å²) in [5, 5.41) is 2.99. The Balaban J connectivity index is 1.72. The summed E-state index contributed by atoms with van der Waals surface area (Å²) in [6.07, 6.45) is -1.12. The molecule has 0 radical (unpaired) electrons. The zero-order valence-electron chi connectivity index (χ0n) is 16.7. The molecule has 2 aliphatic rings. The van der Waals surface area contributed by atoms with Gasteiger partial charge in [-0.3, -0.25) is 4.79 Å². The number of benzene rings is 1. The summed E-state index contributed by atoms with van der Waals surface area (Å²) in [5.74, 6) is 2.47. The summed E-state index contributed by atoms with van der Waals surface area (Å²) in [4.78, 5) is 28.4. The van der Waals surface area contributed by atoms with E-state index in [2.05, 4.69) is 10.3 Å². The molecule has 2 atom stereocenters. The smallest absolute Gasteiger partial charge is 0.261 e. The Morgan fingerprint density at radius 1 is 1.42 bits per heavy atom. The van der Waals surface area contributed by atoms with Crippen LogP contribution in [0.15, 0.2) is 30.1 Å². The number of fused-ring (bicyclic) bond motifs is 3. The minimum Gasteiger partial charge on any atom is -0.491 e. The normalized spacial score (nSPS) is 19.0. The predicted molar refractivity (Wildman–Crippen MR) is 108 cm³/mol. The van der Waals surface area contributed by atoms with E-state index in [4.69, 9.17) is 15.2 Å². The summed E-state index contributed by atoms with van der Waals surface area (Å²) >= 11 is 0. The Labute approximate surface area is 176 Å². The van der Waals surface area contributed by atoms with Gasteiger partial charge in [0.2, 0.25) is 5.91 Å². The van der Waals surface area contributed by atoms with E-state index in [1.165, 1.54) is 4.90 Å². The van der Waals surface area contributed by atoms with Gasteiger partial charge in [-0.15, -0.1) is 0 Å². The molecule has 1 unspecified atom stereocenters. The lowest BCUT2D eigenvalue weighted by Crippen LogP contribution is -2.48. The molecule has 3 heterocycles. The number of nitrogens with zero attached hydrogens (tertiary/aromatic N) is 3. The van der Waals surface area contributed by atoms with Gasteiger partial charge in [-0.05, 0) is 19.1 Å². The van der Waals surface area contributed by atoms with Crippen LogP contribution in [0, 0.1) is 0 Å². The highest BCUT2D eigenvalue weighted by atomic mass is 19.3. The zero-order valence-corrected chi connectivity index (χ0v) is 16.7. The fourth-order valence-corrected chi connectivity index (χ4v) is 3.59. The highest BCUT2D eigenvalue weighted by Gasteiger charge is 2.37. The van der Waals surface area contributed by atoms with Crippen molar-refractivity contribution in [3.63, 3.8) is 0 Å². The zero-order chi connectivity index (χ0) is 22.1. The van der Waals surface area contributed by atoms with Crippen LogP contribution in [0.5, 0.6) is 5.75 Å². The Morgan fingerprint density at radius 3 is 2.94 bits per heavy atom. The fraction of sp³-hybridized carbons (Fsp3) is 0.400. The summed E-state index contributed by atoms with van der Waals surface area (Å²) in [5.41, 5.74) is 6.56. The summed E-state index contributed by atoms with van der Waals surface area (Å²) in [7, 11) is 0. The third kappa shape index (κ3) is 3.97. The van der Waals surface area contributed by atoms with Gasteiger partial charge in [-0.1, -0.05) is 0 Å². The molecule has 3 N–H and O–H groups in total. The third-order valence-electron chi connectivity index (χ3n) is 5.19. The maximum Gasteiger partial charge on any atom is 0.261 e. The van der Waals surface area contributed by atoms with Crippen LogP contribution in [0.1, 0.15) is 6.92 Å². The average Bonchev–Trinajstić information content (AvgIpc) is 3.09. The topological polar surface area (TPSA) is 112 Å². The molecule has 11 heteroatoms. The van der Waals surface area contributed by atoms with Gasteiger partial charge in [0, 0.05) is 18.0 Å². The van der Waals surface area contributed by atoms with E-state index in [1.54, 1.807) is 41.8 Å². The van der Waals surface area contributed by atoms with Gasteiger partial charge in [-0.2, -0.15) is 0 Å². The van der Waals surface area contributed by atoms with Gasteiger partial charge >= 0.3 is 0 Å². The van der Waals surface area contributed by atoms with Crippen molar-refractivity contribution in [3.05, 3.63) is 30.1 Å². The molecular formula is C20H21F2N5O4. The van der Waals surface area contributed by atoms with Crippen LogP contribution in [0.25, 0.3) is 11.4 Å². The number of alkyl halides is 2. The molecule has 0 bridgehead atoms. The first kappa shape index (κ1) is 20.8. The molecule has 1 aromatic heterocycles. The van der Waals surface area contributed by atoms with Crippen LogP contribution >= 0.6 is 0 Å². The van der Waals surface area contributed by atoms with E-state index in [0.29, 0.717) is 36.0 Å². The molecule has 1 saturated heterocycles. The standard InChI is InChI=1S/C20H21F2N5O4/c1-11(19(23)29)24-12-2-3-14-16(6-12)31-5-4-26-7-17(25-20(14)26)27-13(8-28)9-30-10-15(27)18(21)22/h2-3,6-7,11,15,18,24H,4-5,9-10H2,1H3,(H2,23,29)/t11?,15-/m0/s1. The molecule has 1 aromatic carbocycles. The monoisotopic (exact) mass is 433 g/mol. The van der Waals surface area contributed by atoms with E-state index in [-0.39, 0.29) is 24.7 Å². The van der Waals surface area contributed by atoms with Gasteiger partial charge in [0.05, 0.1) is 25.3 Å². The second kappa shape index (κ2) is 8.37. The number of nitrogens with two attached hydrogens (primary N) is 1. The van der Waals surface area contributed by atoms with Crippen molar-refractivity contribution in [1.29, 1.82) is 0 Å². The van der Waals surface area contributed by atoms with Crippen molar-refractivity contribution in [2.45, 2.75) is 32.0 Å². The molecule has 164 valence electrons. The van der Waals surface area contributed by atoms with Crippen molar-refractivity contribution >= 4 is 23.4 Å². The van der Waals surface area contributed by atoms with E-state index < -0.39 is 24.4 Å². The Hall–Kier alpha value is -3.43. The van der Waals surface area contributed by atoms with E-state index in [9.17, 15) is 18.4 Å². The number of nitrogens with one attached hydrogen (secondary N) is 1. The lowest BCUT2D eigenvalue weighted by molar-refractivity contribution is -0.118. The molecular weight excluding hydrogens is 412 g/mol. The van der Waals surface area contributed by atoms with Crippen LogP contribution in [-0.2, 0) is 20.9 Å². The lowest BCUT2D eigenvalue weighted by Gasteiger charge is -2.35. The molecule has 31 heavy (non-hydrogen) atoms. The Bertz CT molecular complexity index is 1050.